The lowest BCUT2D eigenvalue weighted by atomic mass is 9.80. The number of aliphatic hydroxyl groups is 1. The van der Waals surface area contributed by atoms with Crippen molar-refractivity contribution in [3.8, 4) is 0 Å². The van der Waals surface area contributed by atoms with Gasteiger partial charge in [-0.2, -0.15) is 0 Å². The normalized spacial score (nSPS) is 35.4. The van der Waals surface area contributed by atoms with Crippen molar-refractivity contribution in [3.63, 3.8) is 0 Å². The highest BCUT2D eigenvalue weighted by molar-refractivity contribution is 5.80. The van der Waals surface area contributed by atoms with E-state index in [1.54, 1.807) is 0 Å². The molecule has 3 unspecified atom stereocenters. The van der Waals surface area contributed by atoms with E-state index in [2.05, 4.69) is 0 Å². The minimum absolute atomic E-state index is 0.0913. The van der Waals surface area contributed by atoms with Crippen molar-refractivity contribution in [2.45, 2.75) is 57.5 Å². The summed E-state index contributed by atoms with van der Waals surface area (Å²) in [5, 5.41) is 19.2. The molecule has 1 saturated carbocycles. The maximum atomic E-state index is 12.5. The monoisotopic (exact) mass is 283 g/mol. The van der Waals surface area contributed by atoms with E-state index in [9.17, 15) is 14.7 Å². The predicted octanol–water partition coefficient (Wildman–Crippen LogP) is 1.64. The van der Waals surface area contributed by atoms with Gasteiger partial charge in [0.1, 0.15) is 0 Å². The maximum Gasteiger partial charge on any atom is 0.306 e. The van der Waals surface area contributed by atoms with E-state index in [4.69, 9.17) is 5.11 Å². The first kappa shape index (κ1) is 15.3. The molecule has 0 spiro atoms. The van der Waals surface area contributed by atoms with Gasteiger partial charge in [0.05, 0.1) is 11.5 Å². The van der Waals surface area contributed by atoms with Gasteiger partial charge in [-0.15, -0.1) is 0 Å². The summed E-state index contributed by atoms with van der Waals surface area (Å²) < 4.78 is 0. The number of carboxylic acids is 1. The fourth-order valence-electron chi connectivity index (χ4n) is 3.38. The molecule has 2 rings (SSSR count). The Labute approximate surface area is 120 Å². The van der Waals surface area contributed by atoms with Gasteiger partial charge in [-0.3, -0.25) is 9.59 Å². The molecule has 0 bridgehead atoms. The largest absolute Gasteiger partial charge is 0.481 e. The summed E-state index contributed by atoms with van der Waals surface area (Å²) in [4.78, 5) is 25.4. The number of carboxylic acid groups (broad SMARTS) is 1. The second kappa shape index (κ2) is 6.12. The molecule has 5 nitrogen and oxygen atoms in total. The van der Waals surface area contributed by atoms with E-state index >= 15 is 0 Å². The molecule has 1 aliphatic carbocycles. The highest BCUT2D eigenvalue weighted by Gasteiger charge is 2.35. The van der Waals surface area contributed by atoms with Crippen LogP contribution in [0.25, 0.3) is 0 Å². The Morgan fingerprint density at radius 2 is 1.80 bits per heavy atom. The Morgan fingerprint density at radius 1 is 1.10 bits per heavy atom. The number of carbonyl (C=O) groups is 2. The highest BCUT2D eigenvalue weighted by Crippen LogP contribution is 2.31. The molecule has 0 aromatic heterocycles. The lowest BCUT2D eigenvalue weighted by Crippen LogP contribution is -2.40. The molecule has 0 aromatic carbocycles. The third-order valence-electron chi connectivity index (χ3n) is 4.75. The highest BCUT2D eigenvalue weighted by atomic mass is 16.4. The van der Waals surface area contributed by atoms with Crippen LogP contribution in [-0.4, -0.2) is 45.7 Å². The first-order chi connectivity index (χ1) is 9.39. The minimum atomic E-state index is -0.777. The van der Waals surface area contributed by atoms with E-state index in [-0.39, 0.29) is 17.7 Å². The number of rotatable bonds is 2. The fraction of sp³-hybridized carbons (Fsp3) is 0.867. The van der Waals surface area contributed by atoms with Crippen LogP contribution in [0.2, 0.25) is 0 Å². The van der Waals surface area contributed by atoms with Crippen LogP contribution in [-0.2, 0) is 9.59 Å². The number of amides is 1. The molecule has 3 atom stereocenters. The number of hydrogen-bond acceptors (Lipinski definition) is 3. The van der Waals surface area contributed by atoms with E-state index in [1.165, 1.54) is 0 Å². The van der Waals surface area contributed by atoms with Crippen LogP contribution in [0, 0.1) is 11.8 Å². The Morgan fingerprint density at radius 3 is 2.50 bits per heavy atom. The summed E-state index contributed by atoms with van der Waals surface area (Å²) in [6.45, 7) is 3.09. The maximum absolute atomic E-state index is 12.5. The van der Waals surface area contributed by atoms with E-state index < -0.39 is 11.6 Å². The third-order valence-corrected chi connectivity index (χ3v) is 4.75. The van der Waals surface area contributed by atoms with Crippen molar-refractivity contribution >= 4 is 11.9 Å². The van der Waals surface area contributed by atoms with Gasteiger partial charge < -0.3 is 15.1 Å². The summed E-state index contributed by atoms with van der Waals surface area (Å²) in [6.07, 6.45) is 4.92. The molecule has 5 heteroatoms. The molecule has 1 heterocycles. The molecule has 2 N–H and O–H groups in total. The zero-order valence-electron chi connectivity index (χ0n) is 12.2. The average Bonchev–Trinajstić information content (AvgIpc) is 2.59. The summed E-state index contributed by atoms with van der Waals surface area (Å²) in [7, 11) is 0. The van der Waals surface area contributed by atoms with Gasteiger partial charge in [0.2, 0.25) is 5.91 Å². The summed E-state index contributed by atoms with van der Waals surface area (Å²) >= 11 is 0. The Bertz CT molecular complexity index is 380. The van der Waals surface area contributed by atoms with E-state index in [0.717, 1.165) is 25.7 Å². The van der Waals surface area contributed by atoms with Crippen molar-refractivity contribution in [1.29, 1.82) is 0 Å². The van der Waals surface area contributed by atoms with Crippen LogP contribution in [0.5, 0.6) is 0 Å². The zero-order chi connectivity index (χ0) is 14.8. The van der Waals surface area contributed by atoms with Gasteiger partial charge in [-0.1, -0.05) is 6.42 Å². The second-order valence-electron chi connectivity index (χ2n) is 6.57. The Kier molecular flexibility index (Phi) is 4.68. The predicted molar refractivity (Wildman–Crippen MR) is 74.1 cm³/mol. The fourth-order valence-corrected chi connectivity index (χ4v) is 3.38. The Hall–Kier alpha value is -1.10. The quantitative estimate of drug-likeness (QED) is 0.807. The minimum Gasteiger partial charge on any atom is -0.481 e. The second-order valence-corrected chi connectivity index (χ2v) is 6.57. The smallest absolute Gasteiger partial charge is 0.306 e. The molecular formula is C15H25NO4. The summed E-state index contributed by atoms with van der Waals surface area (Å²) in [5.74, 6) is -1.20. The summed E-state index contributed by atoms with van der Waals surface area (Å²) in [5.41, 5.74) is -0.675. The van der Waals surface area contributed by atoms with Gasteiger partial charge in [0, 0.05) is 19.0 Å². The molecule has 20 heavy (non-hydrogen) atoms. The summed E-state index contributed by atoms with van der Waals surface area (Å²) in [6, 6.07) is 0. The average molecular weight is 283 g/mol. The molecule has 1 aliphatic heterocycles. The van der Waals surface area contributed by atoms with Crippen molar-refractivity contribution in [2.75, 3.05) is 13.1 Å². The van der Waals surface area contributed by atoms with Gasteiger partial charge in [0.25, 0.3) is 0 Å². The van der Waals surface area contributed by atoms with Crippen molar-refractivity contribution < 1.29 is 19.8 Å². The third kappa shape index (κ3) is 3.72. The van der Waals surface area contributed by atoms with Gasteiger partial charge in [-0.05, 0) is 45.4 Å². The van der Waals surface area contributed by atoms with Crippen LogP contribution in [0.15, 0.2) is 0 Å². The van der Waals surface area contributed by atoms with Crippen LogP contribution in [0.4, 0.5) is 0 Å². The van der Waals surface area contributed by atoms with E-state index in [0.29, 0.717) is 32.4 Å². The molecule has 1 saturated heterocycles. The van der Waals surface area contributed by atoms with Gasteiger partial charge >= 0.3 is 5.97 Å². The topological polar surface area (TPSA) is 77.8 Å². The molecule has 2 aliphatic rings. The Balaban J connectivity index is 1.95. The van der Waals surface area contributed by atoms with Crippen LogP contribution < -0.4 is 0 Å². The van der Waals surface area contributed by atoms with Gasteiger partial charge in [-0.25, -0.2) is 0 Å². The molecule has 2 fully saturated rings. The van der Waals surface area contributed by atoms with Gasteiger partial charge in [0.15, 0.2) is 0 Å². The van der Waals surface area contributed by atoms with Crippen LogP contribution in [0.3, 0.4) is 0 Å². The number of aliphatic carboxylic acids is 1. The standard InChI is InChI=1S/C15H25NO4/c1-15(20)6-3-8-16(9-7-15)13(17)11-4-2-5-12(10-11)14(18)19/h11-12,20H,2-10H2,1H3,(H,18,19). The number of carbonyl (C=O) groups excluding carboxylic acids is 1. The lowest BCUT2D eigenvalue weighted by Gasteiger charge is -2.31. The molecule has 114 valence electrons. The molecule has 0 aromatic rings. The van der Waals surface area contributed by atoms with Crippen molar-refractivity contribution in [2.24, 2.45) is 11.8 Å². The van der Waals surface area contributed by atoms with Crippen LogP contribution in [0.1, 0.15) is 51.9 Å². The van der Waals surface area contributed by atoms with E-state index in [1.807, 2.05) is 11.8 Å². The lowest BCUT2D eigenvalue weighted by molar-refractivity contribution is -0.145. The SMILES string of the molecule is CC1(O)CCCN(C(=O)C2CCCC(C(=O)O)C2)CC1. The molecule has 0 radical (unpaired) electrons. The number of nitrogens with zero attached hydrogens (tertiary/aromatic N) is 1. The number of likely N-dealkylation sites (tertiary alicyclic amines) is 1. The van der Waals surface area contributed by atoms with Crippen molar-refractivity contribution in [3.05, 3.63) is 0 Å². The van der Waals surface area contributed by atoms with Crippen LogP contribution >= 0.6 is 0 Å². The molecular weight excluding hydrogens is 258 g/mol. The first-order valence-electron chi connectivity index (χ1n) is 7.63. The first-order valence-corrected chi connectivity index (χ1v) is 7.63. The molecule has 1 amide bonds. The van der Waals surface area contributed by atoms with Crippen molar-refractivity contribution in [1.82, 2.24) is 4.90 Å². The zero-order valence-corrected chi connectivity index (χ0v) is 12.2. The number of hydrogen-bond donors (Lipinski definition) is 2.